The molecule has 0 radical (unpaired) electrons. The van der Waals surface area contributed by atoms with E-state index in [0.29, 0.717) is 0 Å². The molecule has 24 heavy (non-hydrogen) atoms. The Balaban J connectivity index is 1.36. The van der Waals surface area contributed by atoms with Crippen molar-refractivity contribution in [2.45, 2.75) is 103 Å². The van der Waals surface area contributed by atoms with Crippen LogP contribution in [0.3, 0.4) is 0 Å². The number of allylic oxidation sites excluding steroid dienone is 1. The van der Waals surface area contributed by atoms with Crippen molar-refractivity contribution in [3.8, 4) is 0 Å². The molecule has 0 aliphatic heterocycles. The Morgan fingerprint density at radius 3 is 1.75 bits per heavy atom. The van der Waals surface area contributed by atoms with E-state index in [-0.39, 0.29) is 0 Å². The fourth-order valence-electron chi connectivity index (χ4n) is 6.60. The lowest BCUT2D eigenvalue weighted by Crippen LogP contribution is -2.27. The highest BCUT2D eigenvalue weighted by Gasteiger charge is 2.35. The number of hydrogen-bond donors (Lipinski definition) is 0. The minimum atomic E-state index is 1.02. The van der Waals surface area contributed by atoms with Crippen LogP contribution in [-0.2, 0) is 0 Å². The molecule has 0 saturated heterocycles. The van der Waals surface area contributed by atoms with E-state index in [9.17, 15) is 0 Å². The summed E-state index contributed by atoms with van der Waals surface area (Å²) in [5.74, 6) is 6.49. The van der Waals surface area contributed by atoms with Gasteiger partial charge in [-0.2, -0.15) is 0 Å². The van der Waals surface area contributed by atoms with Gasteiger partial charge in [-0.15, -0.1) is 6.58 Å². The Morgan fingerprint density at radius 2 is 1.17 bits per heavy atom. The third kappa shape index (κ3) is 4.89. The topological polar surface area (TPSA) is 0 Å². The molecule has 0 aromatic carbocycles. The van der Waals surface area contributed by atoms with Crippen LogP contribution < -0.4 is 0 Å². The van der Waals surface area contributed by atoms with Gasteiger partial charge in [0.25, 0.3) is 0 Å². The third-order valence-electron chi connectivity index (χ3n) is 8.10. The molecule has 0 heterocycles. The van der Waals surface area contributed by atoms with Crippen LogP contribution in [0.15, 0.2) is 12.7 Å². The average molecular weight is 331 g/mol. The van der Waals surface area contributed by atoms with Crippen LogP contribution in [0.1, 0.15) is 103 Å². The predicted octanol–water partition coefficient (Wildman–Crippen LogP) is 7.78. The highest BCUT2D eigenvalue weighted by Crippen LogP contribution is 2.47. The molecule has 0 aromatic heterocycles. The third-order valence-corrected chi connectivity index (χ3v) is 8.10. The summed E-state index contributed by atoms with van der Waals surface area (Å²) in [5, 5.41) is 0. The zero-order valence-electron chi connectivity index (χ0n) is 16.4. The van der Waals surface area contributed by atoms with E-state index < -0.39 is 0 Å². The fourth-order valence-corrected chi connectivity index (χ4v) is 6.60. The van der Waals surface area contributed by atoms with E-state index in [4.69, 9.17) is 0 Å². The molecule has 3 fully saturated rings. The molecule has 0 amide bonds. The zero-order chi connectivity index (χ0) is 16.8. The molecule has 3 saturated carbocycles. The van der Waals surface area contributed by atoms with Crippen LogP contribution in [0.25, 0.3) is 0 Å². The van der Waals surface area contributed by atoms with Gasteiger partial charge in [0, 0.05) is 0 Å². The molecule has 2 unspecified atom stereocenters. The van der Waals surface area contributed by atoms with Crippen molar-refractivity contribution in [3.63, 3.8) is 0 Å². The summed E-state index contributed by atoms with van der Waals surface area (Å²) in [6, 6.07) is 0. The maximum atomic E-state index is 3.89. The van der Waals surface area contributed by atoms with Crippen molar-refractivity contribution in [1.82, 2.24) is 0 Å². The lowest BCUT2D eigenvalue weighted by atomic mass is 9.67. The summed E-state index contributed by atoms with van der Waals surface area (Å²) in [6.07, 6.45) is 24.8. The summed E-state index contributed by atoms with van der Waals surface area (Å²) >= 11 is 0. The Kier molecular flexibility index (Phi) is 7.29. The first-order chi connectivity index (χ1) is 11.8. The first-order valence-corrected chi connectivity index (χ1v) is 11.4. The molecule has 138 valence electrons. The maximum absolute atomic E-state index is 3.89. The smallest absolute Gasteiger partial charge is 0.0351 e. The molecule has 0 aromatic rings. The largest absolute Gasteiger partial charge is 0.103 e. The van der Waals surface area contributed by atoms with Crippen molar-refractivity contribution in [2.24, 2.45) is 35.5 Å². The van der Waals surface area contributed by atoms with Crippen LogP contribution in [0.4, 0.5) is 0 Å². The first-order valence-electron chi connectivity index (χ1n) is 11.4. The summed E-state index contributed by atoms with van der Waals surface area (Å²) in [7, 11) is 0. The molecule has 0 spiro atoms. The molecule has 3 aliphatic carbocycles. The van der Waals surface area contributed by atoms with Gasteiger partial charge in [0.1, 0.15) is 0 Å². The van der Waals surface area contributed by atoms with Crippen LogP contribution in [0, 0.1) is 35.5 Å². The van der Waals surface area contributed by atoms with Gasteiger partial charge >= 0.3 is 0 Å². The van der Waals surface area contributed by atoms with Gasteiger partial charge in [0.2, 0.25) is 0 Å². The van der Waals surface area contributed by atoms with Crippen LogP contribution in [-0.4, -0.2) is 0 Å². The minimum absolute atomic E-state index is 1.02. The molecule has 0 heteroatoms. The quantitative estimate of drug-likeness (QED) is 0.418. The Bertz CT molecular complexity index is 354. The van der Waals surface area contributed by atoms with Crippen LogP contribution >= 0.6 is 0 Å². The van der Waals surface area contributed by atoms with Crippen molar-refractivity contribution in [2.75, 3.05) is 0 Å². The number of rotatable bonds is 7. The SMILES string of the molecule is C=CCCC1CCC(C2CCC(C3CCC(CCC)C3)CC2)CC1. The molecule has 3 aliphatic rings. The van der Waals surface area contributed by atoms with E-state index in [1.807, 2.05) is 0 Å². The maximum Gasteiger partial charge on any atom is -0.0351 e. The molecule has 2 atom stereocenters. The Labute approximate surface area is 151 Å². The van der Waals surface area contributed by atoms with Gasteiger partial charge in [0.05, 0.1) is 0 Å². The molecule has 3 rings (SSSR count). The number of hydrogen-bond acceptors (Lipinski definition) is 0. The van der Waals surface area contributed by atoms with E-state index in [2.05, 4.69) is 19.6 Å². The van der Waals surface area contributed by atoms with Gasteiger partial charge in [-0.05, 0) is 99.7 Å². The second-order valence-electron chi connectivity index (χ2n) is 9.55. The van der Waals surface area contributed by atoms with Gasteiger partial charge in [-0.25, -0.2) is 0 Å². The van der Waals surface area contributed by atoms with Gasteiger partial charge < -0.3 is 0 Å². The van der Waals surface area contributed by atoms with Gasteiger partial charge in [-0.3, -0.25) is 0 Å². The molecule has 0 nitrogen and oxygen atoms in total. The van der Waals surface area contributed by atoms with Gasteiger partial charge in [-0.1, -0.05) is 45.1 Å². The average Bonchev–Trinajstić information content (AvgIpc) is 3.10. The zero-order valence-corrected chi connectivity index (χ0v) is 16.4. The van der Waals surface area contributed by atoms with Crippen molar-refractivity contribution in [1.29, 1.82) is 0 Å². The fraction of sp³-hybridized carbons (Fsp3) is 0.917. The minimum Gasteiger partial charge on any atom is -0.103 e. The van der Waals surface area contributed by atoms with E-state index in [1.54, 1.807) is 57.8 Å². The second-order valence-corrected chi connectivity index (χ2v) is 9.55. The van der Waals surface area contributed by atoms with Crippen LogP contribution in [0.2, 0.25) is 0 Å². The normalized spacial score (nSPS) is 40.5. The predicted molar refractivity (Wildman–Crippen MR) is 106 cm³/mol. The highest BCUT2D eigenvalue weighted by atomic mass is 14.4. The lowest BCUT2D eigenvalue weighted by Gasteiger charge is -2.39. The lowest BCUT2D eigenvalue weighted by molar-refractivity contribution is 0.123. The van der Waals surface area contributed by atoms with E-state index in [0.717, 1.165) is 35.5 Å². The highest BCUT2D eigenvalue weighted by molar-refractivity contribution is 4.87. The van der Waals surface area contributed by atoms with Crippen molar-refractivity contribution in [3.05, 3.63) is 12.7 Å². The molecule has 0 bridgehead atoms. The molecule has 0 N–H and O–H groups in total. The first kappa shape index (κ1) is 18.5. The van der Waals surface area contributed by atoms with Crippen LogP contribution in [0.5, 0.6) is 0 Å². The molecular formula is C24H42. The Hall–Kier alpha value is -0.260. The Morgan fingerprint density at radius 1 is 0.667 bits per heavy atom. The summed E-state index contributed by atoms with van der Waals surface area (Å²) in [4.78, 5) is 0. The summed E-state index contributed by atoms with van der Waals surface area (Å²) in [6.45, 7) is 6.25. The summed E-state index contributed by atoms with van der Waals surface area (Å²) < 4.78 is 0. The molecular weight excluding hydrogens is 288 g/mol. The van der Waals surface area contributed by atoms with E-state index >= 15 is 0 Å². The summed E-state index contributed by atoms with van der Waals surface area (Å²) in [5.41, 5.74) is 0. The van der Waals surface area contributed by atoms with E-state index in [1.165, 1.54) is 38.5 Å². The van der Waals surface area contributed by atoms with Crippen molar-refractivity contribution < 1.29 is 0 Å². The monoisotopic (exact) mass is 330 g/mol. The van der Waals surface area contributed by atoms with Crippen molar-refractivity contribution >= 4 is 0 Å². The van der Waals surface area contributed by atoms with Gasteiger partial charge in [0.15, 0.2) is 0 Å². The standard InChI is InChI=1S/C24H42/c1-3-5-7-19-8-11-21(12-9-19)22-14-16-23(17-15-22)24-13-10-20(18-24)6-4-2/h3,19-24H,1,4-18H2,2H3. The second kappa shape index (κ2) is 9.44.